The van der Waals surface area contributed by atoms with Crippen molar-refractivity contribution in [3.05, 3.63) is 58.3 Å². The fourth-order valence-electron chi connectivity index (χ4n) is 2.36. The number of carbonyl (C=O) groups is 1. The van der Waals surface area contributed by atoms with E-state index in [0.717, 1.165) is 18.5 Å². The van der Waals surface area contributed by atoms with Gasteiger partial charge in [0.1, 0.15) is 0 Å². The number of likely N-dealkylation sites (N-methyl/N-ethyl adjacent to an activating group) is 1. The van der Waals surface area contributed by atoms with Crippen LogP contribution in [0.2, 0.25) is 0 Å². The Bertz CT molecular complexity index is 683. The predicted molar refractivity (Wildman–Crippen MR) is 109 cm³/mol. The van der Waals surface area contributed by atoms with Crippen molar-refractivity contribution in [3.8, 4) is 0 Å². The van der Waals surface area contributed by atoms with Gasteiger partial charge in [0.15, 0.2) is 5.96 Å². The molecule has 2 aromatic rings. The molecule has 1 amide bonds. The molecule has 1 heterocycles. The topological polar surface area (TPSA) is 56.7 Å². The number of amides is 1. The lowest BCUT2D eigenvalue weighted by Crippen LogP contribution is -2.44. The summed E-state index contributed by atoms with van der Waals surface area (Å²) in [5, 5.41) is 8.61. The summed E-state index contributed by atoms with van der Waals surface area (Å²) >= 11 is 1.79. The van der Waals surface area contributed by atoms with E-state index in [1.807, 2.05) is 30.3 Å². The summed E-state index contributed by atoms with van der Waals surface area (Å²) in [6, 6.07) is 14.3. The Hall–Kier alpha value is -2.34. The molecule has 26 heavy (non-hydrogen) atoms. The average molecular weight is 373 g/mol. The maximum absolute atomic E-state index is 11.9. The average Bonchev–Trinajstić information content (AvgIpc) is 3.14. The summed E-state index contributed by atoms with van der Waals surface area (Å²) < 4.78 is 0. The summed E-state index contributed by atoms with van der Waals surface area (Å²) in [4.78, 5) is 19.4. The molecule has 0 aliphatic heterocycles. The molecule has 0 radical (unpaired) electrons. The molecular weight excluding hydrogens is 344 g/mol. The summed E-state index contributed by atoms with van der Waals surface area (Å²) in [7, 11) is 3.50. The second-order valence-electron chi connectivity index (χ2n) is 6.56. The third kappa shape index (κ3) is 7.27. The zero-order valence-electron chi connectivity index (χ0n) is 15.7. The van der Waals surface area contributed by atoms with Gasteiger partial charge in [0, 0.05) is 25.5 Å². The molecule has 0 bridgehead atoms. The molecule has 1 aromatic heterocycles. The molecule has 1 aromatic carbocycles. The lowest BCUT2D eigenvalue weighted by atomic mass is 10.1. The maximum atomic E-state index is 11.9. The largest absolute Gasteiger partial charge is 0.356 e. The van der Waals surface area contributed by atoms with Crippen LogP contribution in [0.15, 0.2) is 52.8 Å². The Morgan fingerprint density at radius 1 is 1.15 bits per heavy atom. The van der Waals surface area contributed by atoms with Crippen molar-refractivity contribution in [1.82, 2.24) is 15.5 Å². The molecule has 1 unspecified atom stereocenters. The first-order valence-corrected chi connectivity index (χ1v) is 9.71. The van der Waals surface area contributed by atoms with Crippen LogP contribution in [0.4, 0.5) is 0 Å². The molecule has 0 saturated carbocycles. The number of benzene rings is 1. The van der Waals surface area contributed by atoms with E-state index in [1.54, 1.807) is 30.3 Å². The van der Waals surface area contributed by atoms with Crippen LogP contribution in [0.5, 0.6) is 0 Å². The van der Waals surface area contributed by atoms with Crippen LogP contribution in [0.3, 0.4) is 0 Å². The number of guanidine groups is 1. The summed E-state index contributed by atoms with van der Waals surface area (Å²) in [6.07, 6.45) is 1.03. The smallest absolute Gasteiger partial charge is 0.241 e. The molecule has 5 nitrogen and oxygen atoms in total. The number of aliphatic imine (C=N–C) groups is 1. The van der Waals surface area contributed by atoms with E-state index in [9.17, 15) is 4.79 Å². The second-order valence-corrected chi connectivity index (χ2v) is 7.59. The zero-order chi connectivity index (χ0) is 18.8. The van der Waals surface area contributed by atoms with Gasteiger partial charge in [0.25, 0.3) is 0 Å². The highest BCUT2D eigenvalue weighted by molar-refractivity contribution is 7.09. The lowest BCUT2D eigenvalue weighted by molar-refractivity contribution is -0.127. The number of nitrogens with one attached hydrogen (secondary N) is 2. The Morgan fingerprint density at radius 2 is 1.92 bits per heavy atom. The van der Waals surface area contributed by atoms with Crippen LogP contribution in [0, 0.1) is 5.92 Å². The molecule has 1 atom stereocenters. The van der Waals surface area contributed by atoms with Gasteiger partial charge in [-0.25, -0.2) is 4.99 Å². The molecular formula is C20H28N4OS. The predicted octanol–water partition coefficient (Wildman–Crippen LogP) is 2.75. The van der Waals surface area contributed by atoms with Gasteiger partial charge in [-0.05, 0) is 29.3 Å². The summed E-state index contributed by atoms with van der Waals surface area (Å²) in [5.74, 6) is 1.16. The molecule has 2 N–H and O–H groups in total. The van der Waals surface area contributed by atoms with Crippen LogP contribution >= 0.6 is 11.3 Å². The number of hydrogen-bond acceptors (Lipinski definition) is 3. The van der Waals surface area contributed by atoms with E-state index < -0.39 is 0 Å². The fraction of sp³-hybridized carbons (Fsp3) is 0.400. The van der Waals surface area contributed by atoms with E-state index >= 15 is 0 Å². The third-order valence-corrected chi connectivity index (χ3v) is 4.81. The zero-order valence-corrected chi connectivity index (χ0v) is 16.6. The van der Waals surface area contributed by atoms with Gasteiger partial charge in [-0.15, -0.1) is 11.3 Å². The van der Waals surface area contributed by atoms with Crippen LogP contribution in [0.25, 0.3) is 0 Å². The number of thiophene rings is 1. The minimum Gasteiger partial charge on any atom is -0.356 e. The third-order valence-electron chi connectivity index (χ3n) is 3.92. The first kappa shape index (κ1) is 20.0. The number of rotatable bonds is 8. The Morgan fingerprint density at radius 3 is 2.58 bits per heavy atom. The highest BCUT2D eigenvalue weighted by atomic mass is 32.1. The van der Waals surface area contributed by atoms with Crippen molar-refractivity contribution in [1.29, 1.82) is 0 Å². The van der Waals surface area contributed by atoms with Crippen molar-refractivity contribution >= 4 is 23.2 Å². The molecule has 0 aliphatic carbocycles. The molecule has 0 aliphatic rings. The second kappa shape index (κ2) is 10.6. The van der Waals surface area contributed by atoms with Gasteiger partial charge < -0.3 is 15.5 Å². The molecule has 0 fully saturated rings. The standard InChI is InChI=1S/C20H28N4OS/c1-16(12-18-10-7-11-26-18)13-21-20(23-15-19(25)24(2)3)22-14-17-8-5-4-6-9-17/h4-11,16H,12-15H2,1-3H3,(H2,21,22,23). The minimum absolute atomic E-state index is 0.0193. The minimum atomic E-state index is 0.0193. The molecule has 0 saturated heterocycles. The number of carbonyl (C=O) groups excluding carboxylic acids is 1. The first-order valence-electron chi connectivity index (χ1n) is 8.83. The van der Waals surface area contributed by atoms with Gasteiger partial charge in [0.2, 0.25) is 5.91 Å². The highest BCUT2D eigenvalue weighted by Crippen LogP contribution is 2.13. The van der Waals surface area contributed by atoms with Crippen molar-refractivity contribution < 1.29 is 4.79 Å². The SMILES string of the molecule is CC(CNC(=NCc1ccccc1)NCC(=O)N(C)C)Cc1cccs1. The van der Waals surface area contributed by atoms with E-state index in [1.165, 1.54) is 4.88 Å². The van der Waals surface area contributed by atoms with Crippen LogP contribution in [-0.4, -0.2) is 44.0 Å². The van der Waals surface area contributed by atoms with Crippen molar-refractivity contribution in [2.45, 2.75) is 19.9 Å². The van der Waals surface area contributed by atoms with E-state index in [4.69, 9.17) is 0 Å². The maximum Gasteiger partial charge on any atom is 0.241 e. The van der Waals surface area contributed by atoms with Gasteiger partial charge in [0.05, 0.1) is 13.1 Å². The first-order chi connectivity index (χ1) is 12.5. The highest BCUT2D eigenvalue weighted by Gasteiger charge is 2.09. The summed E-state index contributed by atoms with van der Waals surface area (Å²) in [5.41, 5.74) is 1.14. The van der Waals surface area contributed by atoms with E-state index in [2.05, 4.69) is 40.1 Å². The molecule has 6 heteroatoms. The fourth-order valence-corrected chi connectivity index (χ4v) is 3.23. The molecule has 2 rings (SSSR count). The van der Waals surface area contributed by atoms with Crippen molar-refractivity contribution in [2.24, 2.45) is 10.9 Å². The van der Waals surface area contributed by atoms with Gasteiger partial charge in [-0.2, -0.15) is 0 Å². The Labute approximate surface area is 160 Å². The van der Waals surface area contributed by atoms with Crippen LogP contribution < -0.4 is 10.6 Å². The van der Waals surface area contributed by atoms with E-state index in [0.29, 0.717) is 18.4 Å². The Balaban J connectivity index is 1.91. The molecule has 140 valence electrons. The number of nitrogens with zero attached hydrogens (tertiary/aromatic N) is 2. The Kier molecular flexibility index (Phi) is 8.15. The van der Waals surface area contributed by atoms with E-state index in [-0.39, 0.29) is 12.5 Å². The monoisotopic (exact) mass is 372 g/mol. The molecule has 0 spiro atoms. The quantitative estimate of drug-likeness (QED) is 0.553. The van der Waals surface area contributed by atoms with Gasteiger partial charge in [-0.1, -0.05) is 43.3 Å². The van der Waals surface area contributed by atoms with Crippen molar-refractivity contribution in [2.75, 3.05) is 27.2 Å². The lowest BCUT2D eigenvalue weighted by Gasteiger charge is -2.17. The van der Waals surface area contributed by atoms with Crippen molar-refractivity contribution in [3.63, 3.8) is 0 Å². The van der Waals surface area contributed by atoms with Crippen LogP contribution in [-0.2, 0) is 17.8 Å². The normalized spacial score (nSPS) is 12.5. The van der Waals surface area contributed by atoms with Gasteiger partial charge in [-0.3, -0.25) is 4.79 Å². The van der Waals surface area contributed by atoms with Gasteiger partial charge >= 0.3 is 0 Å². The summed E-state index contributed by atoms with van der Waals surface area (Å²) in [6.45, 7) is 3.82. The van der Waals surface area contributed by atoms with Crippen LogP contribution in [0.1, 0.15) is 17.4 Å². The number of hydrogen-bond donors (Lipinski definition) is 2.